The third-order valence-corrected chi connectivity index (χ3v) is 4.35. The topological polar surface area (TPSA) is 55.3 Å². The number of hydrogen-bond acceptors (Lipinski definition) is 4. The summed E-state index contributed by atoms with van der Waals surface area (Å²) in [7, 11) is 0. The molecule has 5 nitrogen and oxygen atoms in total. The number of carbonyl (C=O) groups is 1. The third kappa shape index (κ3) is 4.82. The number of halogens is 1. The van der Waals surface area contributed by atoms with Crippen LogP contribution in [0.3, 0.4) is 0 Å². The number of carbonyl (C=O) groups excluding carboxylic acids is 1. The van der Waals surface area contributed by atoms with Gasteiger partial charge in [0.05, 0.1) is 19.6 Å². The summed E-state index contributed by atoms with van der Waals surface area (Å²) in [6.45, 7) is 4.15. The van der Waals surface area contributed by atoms with Crippen LogP contribution in [0.2, 0.25) is 0 Å². The van der Waals surface area contributed by atoms with Gasteiger partial charge in [-0.15, -0.1) is 0 Å². The highest BCUT2D eigenvalue weighted by atomic mass is 19.1. The fourth-order valence-electron chi connectivity index (χ4n) is 3.06. The van der Waals surface area contributed by atoms with Crippen LogP contribution in [0.4, 0.5) is 4.39 Å². The molecule has 1 atom stereocenters. The van der Waals surface area contributed by atoms with E-state index in [1.54, 1.807) is 29.4 Å². The van der Waals surface area contributed by atoms with Crippen molar-refractivity contribution in [2.24, 2.45) is 5.92 Å². The van der Waals surface area contributed by atoms with E-state index in [1.165, 1.54) is 6.07 Å². The molecule has 1 aliphatic rings. The largest absolute Gasteiger partial charge is 0.379 e. The Morgan fingerprint density at radius 2 is 2.20 bits per heavy atom. The molecule has 1 fully saturated rings. The number of rotatable bonds is 4. The molecule has 1 aliphatic heterocycles. The molecule has 1 unspecified atom stereocenters. The zero-order valence-electron chi connectivity index (χ0n) is 14.3. The normalized spacial score (nSPS) is 18.0. The van der Waals surface area contributed by atoms with E-state index in [1.807, 2.05) is 13.0 Å². The lowest BCUT2D eigenvalue weighted by molar-refractivity contribution is -0.130. The van der Waals surface area contributed by atoms with Crippen molar-refractivity contribution >= 4 is 5.91 Å². The molecule has 0 saturated carbocycles. The molecule has 0 N–H and O–H groups in total. The number of amides is 1. The maximum absolute atomic E-state index is 13.8. The average Bonchev–Trinajstić information content (AvgIpc) is 2.83. The molecular weight excluding hydrogens is 321 g/mol. The molecule has 0 spiro atoms. The molecular formula is C19H22FN3O2. The van der Waals surface area contributed by atoms with Crippen molar-refractivity contribution in [2.45, 2.75) is 19.8 Å². The van der Waals surface area contributed by atoms with E-state index in [4.69, 9.17) is 4.74 Å². The van der Waals surface area contributed by atoms with Crippen LogP contribution in [-0.4, -0.2) is 47.1 Å². The van der Waals surface area contributed by atoms with Gasteiger partial charge >= 0.3 is 0 Å². The van der Waals surface area contributed by atoms with Crippen LogP contribution in [-0.2, 0) is 22.4 Å². The Bertz CT molecular complexity index is 738. The van der Waals surface area contributed by atoms with E-state index in [2.05, 4.69) is 9.97 Å². The lowest BCUT2D eigenvalue weighted by atomic mass is 10.0. The molecule has 0 aliphatic carbocycles. The van der Waals surface area contributed by atoms with Gasteiger partial charge in [-0.3, -0.25) is 4.79 Å². The summed E-state index contributed by atoms with van der Waals surface area (Å²) >= 11 is 0. The number of hydrogen-bond donors (Lipinski definition) is 0. The standard InChI is InChI=1S/C19H22FN3O2/c1-14-8-17(22-13-21-14)9-15-11-23(6-7-25-12-15)19(24)10-16-4-2-3-5-18(16)20/h2-5,8,13,15H,6-7,9-12H2,1H3. The first-order valence-corrected chi connectivity index (χ1v) is 8.48. The van der Waals surface area contributed by atoms with Gasteiger partial charge in [0.1, 0.15) is 12.1 Å². The minimum atomic E-state index is -0.338. The highest BCUT2D eigenvalue weighted by Gasteiger charge is 2.23. The molecule has 0 radical (unpaired) electrons. The van der Waals surface area contributed by atoms with Crippen LogP contribution in [0.1, 0.15) is 17.0 Å². The van der Waals surface area contributed by atoms with Gasteiger partial charge < -0.3 is 9.64 Å². The average molecular weight is 343 g/mol. The Morgan fingerprint density at radius 3 is 3.00 bits per heavy atom. The zero-order chi connectivity index (χ0) is 17.6. The Kier molecular flexibility index (Phi) is 5.71. The first kappa shape index (κ1) is 17.5. The van der Waals surface area contributed by atoms with Gasteiger partial charge in [-0.05, 0) is 31.0 Å². The monoisotopic (exact) mass is 343 g/mol. The predicted molar refractivity (Wildman–Crippen MR) is 91.5 cm³/mol. The Morgan fingerprint density at radius 1 is 1.36 bits per heavy atom. The zero-order valence-corrected chi connectivity index (χ0v) is 14.3. The van der Waals surface area contributed by atoms with Crippen molar-refractivity contribution in [1.29, 1.82) is 0 Å². The lowest BCUT2D eigenvalue weighted by Gasteiger charge is -2.23. The summed E-state index contributed by atoms with van der Waals surface area (Å²) in [6, 6.07) is 8.37. The summed E-state index contributed by atoms with van der Waals surface area (Å²) in [5.74, 6) is -0.240. The predicted octanol–water partition coefficient (Wildman–Crippen LogP) is 2.18. The molecule has 3 rings (SSSR count). The maximum atomic E-state index is 13.8. The van der Waals surface area contributed by atoms with E-state index in [9.17, 15) is 9.18 Å². The second-order valence-electron chi connectivity index (χ2n) is 6.40. The maximum Gasteiger partial charge on any atom is 0.227 e. The van der Waals surface area contributed by atoms with Gasteiger partial charge in [0.2, 0.25) is 5.91 Å². The van der Waals surface area contributed by atoms with E-state index in [-0.39, 0.29) is 24.1 Å². The van der Waals surface area contributed by atoms with Crippen molar-refractivity contribution < 1.29 is 13.9 Å². The number of nitrogens with zero attached hydrogens (tertiary/aromatic N) is 3. The molecule has 2 aromatic rings. The van der Waals surface area contributed by atoms with Gasteiger partial charge in [-0.2, -0.15) is 0 Å². The molecule has 0 bridgehead atoms. The Hall–Kier alpha value is -2.34. The molecule has 2 heterocycles. The number of aromatic nitrogens is 2. The smallest absolute Gasteiger partial charge is 0.227 e. The quantitative estimate of drug-likeness (QED) is 0.854. The SMILES string of the molecule is Cc1cc(CC2COCCN(C(=O)Cc3ccccc3F)C2)ncn1. The molecule has 1 saturated heterocycles. The van der Waals surface area contributed by atoms with E-state index in [0.717, 1.165) is 17.8 Å². The van der Waals surface area contributed by atoms with Crippen LogP contribution >= 0.6 is 0 Å². The molecule has 1 aromatic carbocycles. The molecule has 25 heavy (non-hydrogen) atoms. The number of aryl methyl sites for hydroxylation is 1. The first-order valence-electron chi connectivity index (χ1n) is 8.48. The van der Waals surface area contributed by atoms with Gasteiger partial charge in [0, 0.05) is 30.4 Å². The van der Waals surface area contributed by atoms with Crippen LogP contribution in [0.25, 0.3) is 0 Å². The van der Waals surface area contributed by atoms with Gasteiger partial charge in [0.25, 0.3) is 0 Å². The minimum absolute atomic E-state index is 0.0699. The molecule has 1 aromatic heterocycles. The summed E-state index contributed by atoms with van der Waals surface area (Å²) < 4.78 is 19.4. The third-order valence-electron chi connectivity index (χ3n) is 4.35. The Balaban J connectivity index is 1.65. The van der Waals surface area contributed by atoms with E-state index in [0.29, 0.717) is 31.9 Å². The summed E-state index contributed by atoms with van der Waals surface area (Å²) in [4.78, 5) is 22.8. The van der Waals surface area contributed by atoms with Crippen molar-refractivity contribution in [1.82, 2.24) is 14.9 Å². The fourth-order valence-corrected chi connectivity index (χ4v) is 3.06. The van der Waals surface area contributed by atoms with Crippen LogP contribution in [0.15, 0.2) is 36.7 Å². The lowest BCUT2D eigenvalue weighted by Crippen LogP contribution is -2.37. The van der Waals surface area contributed by atoms with Crippen molar-refractivity contribution in [2.75, 3.05) is 26.3 Å². The first-order chi connectivity index (χ1) is 12.1. The summed E-state index contributed by atoms with van der Waals surface area (Å²) in [5.41, 5.74) is 2.30. The molecule has 6 heteroatoms. The van der Waals surface area contributed by atoms with E-state index < -0.39 is 0 Å². The van der Waals surface area contributed by atoms with Gasteiger partial charge in [-0.1, -0.05) is 18.2 Å². The van der Waals surface area contributed by atoms with Crippen LogP contribution in [0, 0.1) is 18.7 Å². The highest BCUT2D eigenvalue weighted by Crippen LogP contribution is 2.15. The second-order valence-corrected chi connectivity index (χ2v) is 6.40. The summed E-state index contributed by atoms with van der Waals surface area (Å²) in [5, 5.41) is 0. The van der Waals surface area contributed by atoms with Crippen molar-refractivity contribution in [3.8, 4) is 0 Å². The highest BCUT2D eigenvalue weighted by molar-refractivity contribution is 5.78. The van der Waals surface area contributed by atoms with Gasteiger partial charge in [-0.25, -0.2) is 14.4 Å². The van der Waals surface area contributed by atoms with Crippen LogP contribution < -0.4 is 0 Å². The fraction of sp³-hybridized carbons (Fsp3) is 0.421. The number of benzene rings is 1. The van der Waals surface area contributed by atoms with Crippen molar-refractivity contribution in [3.05, 3.63) is 59.4 Å². The van der Waals surface area contributed by atoms with E-state index >= 15 is 0 Å². The second kappa shape index (κ2) is 8.16. The minimum Gasteiger partial charge on any atom is -0.379 e. The molecule has 132 valence electrons. The van der Waals surface area contributed by atoms with Gasteiger partial charge in [0.15, 0.2) is 0 Å². The Labute approximate surface area is 146 Å². The number of ether oxygens (including phenoxy) is 1. The molecule has 1 amide bonds. The summed E-state index contributed by atoms with van der Waals surface area (Å²) in [6.07, 6.45) is 2.36. The van der Waals surface area contributed by atoms with Crippen LogP contribution in [0.5, 0.6) is 0 Å². The van der Waals surface area contributed by atoms with Crippen molar-refractivity contribution in [3.63, 3.8) is 0 Å².